The van der Waals surface area contributed by atoms with Gasteiger partial charge >= 0.3 is 0 Å². The summed E-state index contributed by atoms with van der Waals surface area (Å²) < 4.78 is 5.72. The van der Waals surface area contributed by atoms with Gasteiger partial charge in [0.1, 0.15) is 5.76 Å². The Labute approximate surface area is 138 Å². The zero-order chi connectivity index (χ0) is 15.9. The Balaban J connectivity index is 1.56. The maximum atomic E-state index is 10.9. The standard InChI is InChI=1S/C20H28O3/c1-18-7-5-16-14(6-9-23-16)15(18)4-8-19-10-13(2-3-17(18)19)20(22,11-19)12-21/h6,9,13,15,17,21-22H,2-5,7-8,10-12H2,1H3/t13-,15?,17+,18-,19+,20+/m1/s1. The van der Waals surface area contributed by atoms with Crippen molar-refractivity contribution in [3.05, 3.63) is 23.7 Å². The molecule has 23 heavy (non-hydrogen) atoms. The molecule has 1 spiro atoms. The average molecular weight is 316 g/mol. The average Bonchev–Trinajstić information content (AvgIpc) is 3.09. The summed E-state index contributed by atoms with van der Waals surface area (Å²) in [4.78, 5) is 0. The molecular weight excluding hydrogens is 288 g/mol. The minimum absolute atomic E-state index is 0.0574. The first-order valence-electron chi connectivity index (χ1n) is 9.40. The molecule has 2 N–H and O–H groups in total. The maximum absolute atomic E-state index is 10.9. The van der Waals surface area contributed by atoms with E-state index < -0.39 is 5.60 Å². The Morgan fingerprint density at radius 1 is 1.26 bits per heavy atom. The van der Waals surface area contributed by atoms with Crippen LogP contribution in [0, 0.1) is 22.7 Å². The quantitative estimate of drug-likeness (QED) is 0.831. The Bertz CT molecular complexity index is 637. The summed E-state index contributed by atoms with van der Waals surface area (Å²) >= 11 is 0. The van der Waals surface area contributed by atoms with Crippen LogP contribution >= 0.6 is 0 Å². The number of aryl methyl sites for hydroxylation is 1. The van der Waals surface area contributed by atoms with Crippen LogP contribution in [0.5, 0.6) is 0 Å². The number of hydrogen-bond acceptors (Lipinski definition) is 3. The van der Waals surface area contributed by atoms with Crippen LogP contribution in [-0.4, -0.2) is 22.4 Å². The van der Waals surface area contributed by atoms with Crippen molar-refractivity contribution in [2.45, 2.75) is 69.8 Å². The van der Waals surface area contributed by atoms with E-state index in [0.29, 0.717) is 23.2 Å². The second kappa shape index (κ2) is 4.43. The van der Waals surface area contributed by atoms with Crippen molar-refractivity contribution in [2.75, 3.05) is 6.61 Å². The summed E-state index contributed by atoms with van der Waals surface area (Å²) in [6, 6.07) is 2.21. The monoisotopic (exact) mass is 316 g/mol. The summed E-state index contributed by atoms with van der Waals surface area (Å²) in [7, 11) is 0. The highest BCUT2D eigenvalue weighted by Gasteiger charge is 2.65. The molecule has 0 radical (unpaired) electrons. The van der Waals surface area contributed by atoms with Crippen molar-refractivity contribution in [1.29, 1.82) is 0 Å². The molecule has 1 unspecified atom stereocenters. The summed E-state index contributed by atoms with van der Waals surface area (Å²) in [5.74, 6) is 2.85. The van der Waals surface area contributed by atoms with Gasteiger partial charge in [-0.05, 0) is 85.2 Å². The molecule has 3 heteroatoms. The SMILES string of the molecule is C[C@@]12CCc3occc3C1CC[C@@]13C[C@@H](CC[C@H]12)[C@@](O)(CO)C3. The Kier molecular flexibility index (Phi) is 2.80. The second-order valence-corrected chi connectivity index (χ2v) is 9.23. The van der Waals surface area contributed by atoms with Crippen molar-refractivity contribution in [2.24, 2.45) is 22.7 Å². The fourth-order valence-corrected chi connectivity index (χ4v) is 7.51. The number of aliphatic hydroxyl groups excluding tert-OH is 1. The highest BCUT2D eigenvalue weighted by atomic mass is 16.3. The van der Waals surface area contributed by atoms with Crippen LogP contribution in [-0.2, 0) is 6.42 Å². The summed E-state index contributed by atoms with van der Waals surface area (Å²) in [6.45, 7) is 2.45. The molecule has 1 aromatic heterocycles. The smallest absolute Gasteiger partial charge is 0.107 e. The minimum Gasteiger partial charge on any atom is -0.469 e. The van der Waals surface area contributed by atoms with Crippen LogP contribution < -0.4 is 0 Å². The van der Waals surface area contributed by atoms with E-state index in [2.05, 4.69) is 13.0 Å². The van der Waals surface area contributed by atoms with Crippen molar-refractivity contribution >= 4 is 0 Å². The third kappa shape index (κ3) is 1.68. The summed E-state index contributed by atoms with van der Waals surface area (Å²) in [5, 5.41) is 20.7. The predicted molar refractivity (Wildman–Crippen MR) is 87.0 cm³/mol. The first-order valence-corrected chi connectivity index (χ1v) is 9.40. The van der Waals surface area contributed by atoms with Gasteiger partial charge in [0, 0.05) is 6.42 Å². The number of rotatable bonds is 1. The molecule has 3 saturated carbocycles. The normalized spacial score (nSPS) is 51.0. The first-order chi connectivity index (χ1) is 11.0. The molecule has 0 amide bonds. The lowest BCUT2D eigenvalue weighted by Gasteiger charge is -2.59. The molecule has 4 aliphatic carbocycles. The molecule has 0 aromatic carbocycles. The predicted octanol–water partition coefficient (Wildman–Crippen LogP) is 3.64. The number of fused-ring (bicyclic) bond motifs is 5. The molecule has 1 aromatic rings. The van der Waals surface area contributed by atoms with Crippen molar-refractivity contribution < 1.29 is 14.6 Å². The Hall–Kier alpha value is -0.800. The van der Waals surface area contributed by atoms with Gasteiger partial charge in [0.2, 0.25) is 0 Å². The summed E-state index contributed by atoms with van der Waals surface area (Å²) in [6.07, 6.45) is 10.9. The number of aliphatic hydroxyl groups is 2. The van der Waals surface area contributed by atoms with E-state index in [0.717, 1.165) is 25.7 Å². The van der Waals surface area contributed by atoms with E-state index >= 15 is 0 Å². The molecular formula is C20H28O3. The lowest BCUT2D eigenvalue weighted by Crippen LogP contribution is -2.51. The van der Waals surface area contributed by atoms with Gasteiger partial charge in [-0.2, -0.15) is 0 Å². The molecule has 5 rings (SSSR count). The van der Waals surface area contributed by atoms with Gasteiger partial charge in [-0.25, -0.2) is 0 Å². The van der Waals surface area contributed by atoms with Gasteiger partial charge < -0.3 is 14.6 Å². The molecule has 3 fully saturated rings. The second-order valence-electron chi connectivity index (χ2n) is 9.23. The number of furan rings is 1. The zero-order valence-corrected chi connectivity index (χ0v) is 14.1. The molecule has 126 valence electrons. The molecule has 6 atom stereocenters. The lowest BCUT2D eigenvalue weighted by atomic mass is 9.45. The third-order valence-electron chi connectivity index (χ3n) is 8.46. The van der Waals surface area contributed by atoms with Gasteiger partial charge in [0.15, 0.2) is 0 Å². The van der Waals surface area contributed by atoms with E-state index in [1.807, 2.05) is 6.26 Å². The molecule has 0 saturated heterocycles. The van der Waals surface area contributed by atoms with E-state index in [4.69, 9.17) is 4.42 Å². The van der Waals surface area contributed by atoms with Crippen molar-refractivity contribution in [1.82, 2.24) is 0 Å². The van der Waals surface area contributed by atoms with Gasteiger partial charge in [-0.15, -0.1) is 0 Å². The molecule has 1 heterocycles. The van der Waals surface area contributed by atoms with Crippen molar-refractivity contribution in [3.8, 4) is 0 Å². The van der Waals surface area contributed by atoms with Crippen LogP contribution in [0.15, 0.2) is 16.7 Å². The van der Waals surface area contributed by atoms with Crippen LogP contribution in [0.1, 0.15) is 69.1 Å². The zero-order valence-electron chi connectivity index (χ0n) is 14.1. The van der Waals surface area contributed by atoms with E-state index in [-0.39, 0.29) is 12.0 Å². The molecule has 3 nitrogen and oxygen atoms in total. The topological polar surface area (TPSA) is 53.6 Å². The van der Waals surface area contributed by atoms with Gasteiger partial charge in [-0.3, -0.25) is 0 Å². The third-order valence-corrected chi connectivity index (χ3v) is 8.46. The highest BCUT2D eigenvalue weighted by Crippen LogP contribution is 2.71. The largest absolute Gasteiger partial charge is 0.469 e. The van der Waals surface area contributed by atoms with E-state index in [1.54, 1.807) is 0 Å². The molecule has 2 bridgehead atoms. The first kappa shape index (κ1) is 14.5. The maximum Gasteiger partial charge on any atom is 0.107 e. The fraction of sp³-hybridized carbons (Fsp3) is 0.800. The van der Waals surface area contributed by atoms with Crippen LogP contribution in [0.4, 0.5) is 0 Å². The van der Waals surface area contributed by atoms with Gasteiger partial charge in [0.05, 0.1) is 18.5 Å². The van der Waals surface area contributed by atoms with E-state index in [1.165, 1.54) is 37.0 Å². The van der Waals surface area contributed by atoms with Crippen LogP contribution in [0.3, 0.4) is 0 Å². The van der Waals surface area contributed by atoms with Crippen molar-refractivity contribution in [3.63, 3.8) is 0 Å². The fourth-order valence-electron chi connectivity index (χ4n) is 7.51. The van der Waals surface area contributed by atoms with Gasteiger partial charge in [-0.1, -0.05) is 6.92 Å². The molecule has 4 aliphatic rings. The Morgan fingerprint density at radius 2 is 2.13 bits per heavy atom. The number of hydrogen-bond donors (Lipinski definition) is 2. The lowest BCUT2D eigenvalue weighted by molar-refractivity contribution is -0.0727. The van der Waals surface area contributed by atoms with Gasteiger partial charge in [0.25, 0.3) is 0 Å². The Morgan fingerprint density at radius 3 is 2.96 bits per heavy atom. The van der Waals surface area contributed by atoms with E-state index in [9.17, 15) is 10.2 Å². The highest BCUT2D eigenvalue weighted by molar-refractivity contribution is 5.31. The van der Waals surface area contributed by atoms with Crippen LogP contribution in [0.2, 0.25) is 0 Å². The minimum atomic E-state index is -0.812. The van der Waals surface area contributed by atoms with Crippen LogP contribution in [0.25, 0.3) is 0 Å². The summed E-state index contributed by atoms with van der Waals surface area (Å²) in [5.41, 5.74) is 1.26. The molecule has 0 aliphatic heterocycles.